The Balaban J connectivity index is 1.62. The summed E-state index contributed by atoms with van der Waals surface area (Å²) >= 11 is 3.64. The zero-order chi connectivity index (χ0) is 14.1. The van der Waals surface area contributed by atoms with Crippen molar-refractivity contribution in [1.29, 1.82) is 0 Å². The van der Waals surface area contributed by atoms with Gasteiger partial charge in [0.15, 0.2) is 0 Å². The number of aryl methyl sites for hydroxylation is 2. The van der Waals surface area contributed by atoms with E-state index in [1.807, 2.05) is 0 Å². The maximum Gasteiger partial charge on any atom is 0.0486 e. The SMILES string of the molecule is Cc1ccc(NC2CC(c3ccccc3C)C2)c(Br)c1. The molecule has 1 saturated carbocycles. The van der Waals surface area contributed by atoms with Gasteiger partial charge in [-0.3, -0.25) is 0 Å². The third-order valence-electron chi connectivity index (χ3n) is 4.25. The maximum absolute atomic E-state index is 3.65. The molecule has 20 heavy (non-hydrogen) atoms. The lowest BCUT2D eigenvalue weighted by molar-refractivity contribution is 0.373. The molecule has 0 spiro atoms. The standard InChI is InChI=1S/C18H20BrN/c1-12-7-8-18(17(19)9-12)20-15-10-14(11-15)16-6-4-3-5-13(16)2/h3-9,14-15,20H,10-11H2,1-2H3. The molecule has 0 radical (unpaired) electrons. The molecule has 1 aliphatic carbocycles. The fraction of sp³-hybridized carbons (Fsp3) is 0.333. The molecule has 0 aliphatic heterocycles. The molecule has 0 bridgehead atoms. The van der Waals surface area contributed by atoms with Gasteiger partial charge in [0.05, 0.1) is 0 Å². The molecule has 0 heterocycles. The van der Waals surface area contributed by atoms with Gasteiger partial charge in [0.2, 0.25) is 0 Å². The first-order valence-electron chi connectivity index (χ1n) is 7.21. The smallest absolute Gasteiger partial charge is 0.0486 e. The van der Waals surface area contributed by atoms with Gasteiger partial charge in [-0.15, -0.1) is 0 Å². The number of hydrogen-bond acceptors (Lipinski definition) is 1. The average Bonchev–Trinajstić information content (AvgIpc) is 2.37. The Morgan fingerprint density at radius 2 is 1.80 bits per heavy atom. The van der Waals surface area contributed by atoms with Crippen molar-refractivity contribution in [2.75, 3.05) is 5.32 Å². The monoisotopic (exact) mass is 329 g/mol. The third kappa shape index (κ3) is 2.76. The summed E-state index contributed by atoms with van der Waals surface area (Å²) in [6, 6.07) is 15.9. The van der Waals surface area contributed by atoms with E-state index in [9.17, 15) is 0 Å². The van der Waals surface area contributed by atoms with Crippen molar-refractivity contribution in [2.45, 2.75) is 38.6 Å². The number of hydrogen-bond donors (Lipinski definition) is 1. The van der Waals surface area contributed by atoms with Crippen LogP contribution in [0.25, 0.3) is 0 Å². The molecular weight excluding hydrogens is 310 g/mol. The topological polar surface area (TPSA) is 12.0 Å². The summed E-state index contributed by atoms with van der Waals surface area (Å²) in [5.41, 5.74) is 5.44. The van der Waals surface area contributed by atoms with Gasteiger partial charge in [-0.1, -0.05) is 30.3 Å². The van der Waals surface area contributed by atoms with E-state index >= 15 is 0 Å². The molecule has 0 unspecified atom stereocenters. The third-order valence-corrected chi connectivity index (χ3v) is 4.91. The van der Waals surface area contributed by atoms with Crippen LogP contribution in [0.1, 0.15) is 35.4 Å². The van der Waals surface area contributed by atoms with Crippen molar-refractivity contribution in [3.8, 4) is 0 Å². The van der Waals surface area contributed by atoms with Crippen molar-refractivity contribution in [3.05, 3.63) is 63.6 Å². The molecule has 0 aromatic heterocycles. The lowest BCUT2D eigenvalue weighted by Gasteiger charge is -2.37. The summed E-state index contributed by atoms with van der Waals surface area (Å²) in [4.78, 5) is 0. The molecule has 1 nitrogen and oxygen atoms in total. The summed E-state index contributed by atoms with van der Waals surface area (Å²) in [7, 11) is 0. The van der Waals surface area contributed by atoms with Crippen LogP contribution in [0.5, 0.6) is 0 Å². The molecule has 3 rings (SSSR count). The Labute approximate surface area is 129 Å². The Hall–Kier alpha value is -1.28. The van der Waals surface area contributed by atoms with Gasteiger partial charge in [0, 0.05) is 16.2 Å². The molecule has 0 amide bonds. The van der Waals surface area contributed by atoms with Crippen LogP contribution in [0.15, 0.2) is 46.9 Å². The van der Waals surface area contributed by atoms with Crippen LogP contribution in [0.2, 0.25) is 0 Å². The van der Waals surface area contributed by atoms with E-state index in [1.54, 1.807) is 0 Å². The van der Waals surface area contributed by atoms with Crippen LogP contribution in [-0.2, 0) is 0 Å². The Kier molecular flexibility index (Phi) is 3.84. The second-order valence-electron chi connectivity index (χ2n) is 5.85. The first-order chi connectivity index (χ1) is 9.63. The van der Waals surface area contributed by atoms with Crippen molar-refractivity contribution in [1.82, 2.24) is 0 Å². The zero-order valence-corrected chi connectivity index (χ0v) is 13.6. The van der Waals surface area contributed by atoms with Gasteiger partial charge in [0.25, 0.3) is 0 Å². The van der Waals surface area contributed by atoms with E-state index in [4.69, 9.17) is 0 Å². The summed E-state index contributed by atoms with van der Waals surface area (Å²) in [5.74, 6) is 0.720. The summed E-state index contributed by atoms with van der Waals surface area (Å²) in [6.07, 6.45) is 2.45. The van der Waals surface area contributed by atoms with Gasteiger partial charge in [-0.05, 0) is 77.4 Å². The molecule has 1 fully saturated rings. The zero-order valence-electron chi connectivity index (χ0n) is 12.0. The number of halogens is 1. The number of benzene rings is 2. The Bertz CT molecular complexity index is 615. The minimum atomic E-state index is 0.596. The summed E-state index contributed by atoms with van der Waals surface area (Å²) in [5, 5.41) is 3.65. The molecule has 2 aromatic carbocycles. The molecule has 2 aromatic rings. The first kappa shape index (κ1) is 13.7. The van der Waals surface area contributed by atoms with Gasteiger partial charge >= 0.3 is 0 Å². The largest absolute Gasteiger partial charge is 0.381 e. The van der Waals surface area contributed by atoms with Gasteiger partial charge in [-0.2, -0.15) is 0 Å². The Morgan fingerprint density at radius 3 is 2.50 bits per heavy atom. The summed E-state index contributed by atoms with van der Waals surface area (Å²) in [6.45, 7) is 4.33. The second kappa shape index (κ2) is 5.61. The van der Waals surface area contributed by atoms with Crippen molar-refractivity contribution in [2.24, 2.45) is 0 Å². The maximum atomic E-state index is 3.65. The molecule has 1 N–H and O–H groups in total. The number of anilines is 1. The first-order valence-corrected chi connectivity index (χ1v) is 8.01. The predicted octanol–water partition coefficient (Wildman–Crippen LogP) is 5.42. The highest BCUT2D eigenvalue weighted by Gasteiger charge is 2.31. The molecule has 0 saturated heterocycles. The minimum absolute atomic E-state index is 0.596. The van der Waals surface area contributed by atoms with Gasteiger partial charge < -0.3 is 5.32 Å². The minimum Gasteiger partial charge on any atom is -0.381 e. The number of nitrogens with one attached hydrogen (secondary N) is 1. The predicted molar refractivity (Wildman–Crippen MR) is 89.4 cm³/mol. The van der Waals surface area contributed by atoms with E-state index < -0.39 is 0 Å². The summed E-state index contributed by atoms with van der Waals surface area (Å²) < 4.78 is 1.16. The second-order valence-corrected chi connectivity index (χ2v) is 6.70. The van der Waals surface area contributed by atoms with E-state index in [0.29, 0.717) is 6.04 Å². The Morgan fingerprint density at radius 1 is 1.05 bits per heavy atom. The highest BCUT2D eigenvalue weighted by atomic mass is 79.9. The van der Waals surface area contributed by atoms with E-state index in [1.165, 1.54) is 35.2 Å². The van der Waals surface area contributed by atoms with E-state index in [0.717, 1.165) is 10.4 Å². The highest BCUT2D eigenvalue weighted by molar-refractivity contribution is 9.10. The molecule has 0 atom stereocenters. The van der Waals surface area contributed by atoms with Gasteiger partial charge in [0.1, 0.15) is 0 Å². The van der Waals surface area contributed by atoms with Crippen molar-refractivity contribution in [3.63, 3.8) is 0 Å². The molecule has 104 valence electrons. The highest BCUT2D eigenvalue weighted by Crippen LogP contribution is 2.40. The lowest BCUT2D eigenvalue weighted by Crippen LogP contribution is -2.34. The quantitative estimate of drug-likeness (QED) is 0.792. The fourth-order valence-corrected chi connectivity index (χ4v) is 3.60. The van der Waals surface area contributed by atoms with Crippen LogP contribution < -0.4 is 5.32 Å². The normalized spacial score (nSPS) is 21.4. The fourth-order valence-electron chi connectivity index (χ4n) is 2.99. The molecule has 1 aliphatic rings. The molecule has 2 heteroatoms. The average molecular weight is 330 g/mol. The number of rotatable bonds is 3. The van der Waals surface area contributed by atoms with Crippen molar-refractivity contribution < 1.29 is 0 Å². The van der Waals surface area contributed by atoms with E-state index in [-0.39, 0.29) is 0 Å². The van der Waals surface area contributed by atoms with E-state index in [2.05, 4.69) is 77.6 Å². The van der Waals surface area contributed by atoms with Gasteiger partial charge in [-0.25, -0.2) is 0 Å². The van der Waals surface area contributed by atoms with Crippen LogP contribution >= 0.6 is 15.9 Å². The lowest BCUT2D eigenvalue weighted by atomic mass is 9.74. The van der Waals surface area contributed by atoms with Crippen LogP contribution in [0, 0.1) is 13.8 Å². The van der Waals surface area contributed by atoms with Crippen LogP contribution in [-0.4, -0.2) is 6.04 Å². The van der Waals surface area contributed by atoms with Crippen LogP contribution in [0.3, 0.4) is 0 Å². The van der Waals surface area contributed by atoms with Crippen LogP contribution in [0.4, 0.5) is 5.69 Å². The van der Waals surface area contributed by atoms with Crippen molar-refractivity contribution >= 4 is 21.6 Å². The molecular formula is C18H20BrN.